The topological polar surface area (TPSA) is 67.8 Å². The Morgan fingerprint density at radius 2 is 2.22 bits per heavy atom. The SMILES string of the molecule is COCC(CNc1ccc(Br)cc1C(=O)O)OC. The molecule has 0 radical (unpaired) electrons. The number of halogens is 1. The molecular weight excluding hydrogens is 302 g/mol. The molecule has 2 N–H and O–H groups in total. The van der Waals surface area contributed by atoms with E-state index in [1.165, 1.54) is 0 Å². The molecule has 1 aromatic rings. The molecule has 0 aliphatic rings. The van der Waals surface area contributed by atoms with Crippen molar-refractivity contribution in [3.05, 3.63) is 28.2 Å². The second-order valence-electron chi connectivity index (χ2n) is 3.69. The first-order chi connectivity index (χ1) is 8.58. The molecule has 1 aromatic carbocycles. The van der Waals surface area contributed by atoms with Gasteiger partial charge >= 0.3 is 5.97 Å². The van der Waals surface area contributed by atoms with Crippen LogP contribution in [0.3, 0.4) is 0 Å². The van der Waals surface area contributed by atoms with E-state index in [0.29, 0.717) is 18.8 Å². The summed E-state index contributed by atoms with van der Waals surface area (Å²) < 4.78 is 10.9. The van der Waals surface area contributed by atoms with Crippen LogP contribution in [0.1, 0.15) is 10.4 Å². The lowest BCUT2D eigenvalue weighted by molar-refractivity contribution is 0.0365. The highest BCUT2D eigenvalue weighted by Crippen LogP contribution is 2.21. The second kappa shape index (κ2) is 7.35. The van der Waals surface area contributed by atoms with Crippen molar-refractivity contribution < 1.29 is 19.4 Å². The van der Waals surface area contributed by atoms with Crippen LogP contribution in [0.5, 0.6) is 0 Å². The summed E-state index contributed by atoms with van der Waals surface area (Å²) >= 11 is 3.25. The number of benzene rings is 1. The zero-order chi connectivity index (χ0) is 13.5. The van der Waals surface area contributed by atoms with Gasteiger partial charge in [0.2, 0.25) is 0 Å². The number of anilines is 1. The Kier molecular flexibility index (Phi) is 6.11. The predicted molar refractivity (Wildman–Crippen MR) is 72.3 cm³/mol. The summed E-state index contributed by atoms with van der Waals surface area (Å²) in [5, 5.41) is 12.2. The van der Waals surface area contributed by atoms with Crippen molar-refractivity contribution in [2.45, 2.75) is 6.10 Å². The Morgan fingerprint density at radius 1 is 1.50 bits per heavy atom. The molecule has 0 saturated carbocycles. The number of aromatic carboxylic acids is 1. The molecule has 1 unspecified atom stereocenters. The second-order valence-corrected chi connectivity index (χ2v) is 4.60. The van der Waals surface area contributed by atoms with Crippen LogP contribution in [-0.4, -0.2) is 44.6 Å². The largest absolute Gasteiger partial charge is 0.478 e. The van der Waals surface area contributed by atoms with Crippen molar-refractivity contribution in [3.63, 3.8) is 0 Å². The quantitative estimate of drug-likeness (QED) is 0.807. The summed E-state index contributed by atoms with van der Waals surface area (Å²) in [7, 11) is 3.18. The Balaban J connectivity index is 2.74. The molecule has 0 amide bonds. The van der Waals surface area contributed by atoms with Crippen LogP contribution < -0.4 is 5.32 Å². The molecule has 18 heavy (non-hydrogen) atoms. The number of rotatable bonds is 7. The van der Waals surface area contributed by atoms with Gasteiger partial charge in [-0.25, -0.2) is 4.79 Å². The van der Waals surface area contributed by atoms with Crippen molar-refractivity contribution in [2.24, 2.45) is 0 Å². The van der Waals surface area contributed by atoms with Gasteiger partial charge in [-0.15, -0.1) is 0 Å². The minimum Gasteiger partial charge on any atom is -0.478 e. The van der Waals surface area contributed by atoms with Crippen LogP contribution >= 0.6 is 15.9 Å². The van der Waals surface area contributed by atoms with Gasteiger partial charge < -0.3 is 19.9 Å². The highest BCUT2D eigenvalue weighted by atomic mass is 79.9. The lowest BCUT2D eigenvalue weighted by Crippen LogP contribution is -2.27. The Bertz CT molecular complexity index is 411. The maximum atomic E-state index is 11.1. The molecule has 5 nitrogen and oxygen atoms in total. The number of carboxylic acids is 1. The predicted octanol–water partition coefficient (Wildman–Crippen LogP) is 2.22. The summed E-state index contributed by atoms with van der Waals surface area (Å²) in [5.41, 5.74) is 0.778. The van der Waals surface area contributed by atoms with Crippen LogP contribution in [0.15, 0.2) is 22.7 Å². The molecule has 1 rings (SSSR count). The van der Waals surface area contributed by atoms with Crippen LogP contribution in [0, 0.1) is 0 Å². The first kappa shape index (κ1) is 14.9. The summed E-state index contributed by atoms with van der Waals surface area (Å²) in [6.07, 6.45) is -0.125. The van der Waals surface area contributed by atoms with E-state index in [0.717, 1.165) is 4.47 Å². The average Bonchev–Trinajstić information content (AvgIpc) is 2.35. The van der Waals surface area contributed by atoms with Gasteiger partial charge in [0.05, 0.1) is 18.3 Å². The lowest BCUT2D eigenvalue weighted by atomic mass is 10.1. The molecule has 0 aliphatic heterocycles. The van der Waals surface area contributed by atoms with E-state index in [1.54, 1.807) is 32.4 Å². The summed E-state index contributed by atoms with van der Waals surface area (Å²) in [6.45, 7) is 0.925. The smallest absolute Gasteiger partial charge is 0.337 e. The van der Waals surface area contributed by atoms with Gasteiger partial charge in [-0.3, -0.25) is 0 Å². The molecule has 0 heterocycles. The van der Waals surface area contributed by atoms with E-state index < -0.39 is 5.97 Å². The van der Waals surface area contributed by atoms with Gasteiger partial charge in [-0.2, -0.15) is 0 Å². The van der Waals surface area contributed by atoms with Gasteiger partial charge in [0.1, 0.15) is 0 Å². The fourth-order valence-electron chi connectivity index (χ4n) is 1.47. The van der Waals surface area contributed by atoms with E-state index in [1.807, 2.05) is 0 Å². The van der Waals surface area contributed by atoms with E-state index in [4.69, 9.17) is 14.6 Å². The van der Waals surface area contributed by atoms with Gasteiger partial charge in [0.25, 0.3) is 0 Å². The molecule has 0 saturated heterocycles. The summed E-state index contributed by atoms with van der Waals surface area (Å²) in [5.74, 6) is -0.973. The Morgan fingerprint density at radius 3 is 2.78 bits per heavy atom. The molecular formula is C12H16BrNO4. The highest BCUT2D eigenvalue weighted by Gasteiger charge is 2.12. The average molecular weight is 318 g/mol. The number of carboxylic acid groups (broad SMARTS) is 1. The fraction of sp³-hybridized carbons (Fsp3) is 0.417. The Hall–Kier alpha value is -1.11. The van der Waals surface area contributed by atoms with Gasteiger partial charge in [-0.05, 0) is 18.2 Å². The van der Waals surface area contributed by atoms with E-state index in [-0.39, 0.29) is 11.7 Å². The fourth-order valence-corrected chi connectivity index (χ4v) is 1.83. The minimum atomic E-state index is -0.973. The van der Waals surface area contributed by atoms with Crippen molar-refractivity contribution in [1.82, 2.24) is 0 Å². The van der Waals surface area contributed by atoms with Crippen LogP contribution in [0.25, 0.3) is 0 Å². The van der Waals surface area contributed by atoms with Crippen molar-refractivity contribution >= 4 is 27.6 Å². The molecule has 0 aromatic heterocycles. The number of hydrogen-bond acceptors (Lipinski definition) is 4. The van der Waals surface area contributed by atoms with Crippen molar-refractivity contribution in [2.75, 3.05) is 32.7 Å². The van der Waals surface area contributed by atoms with Crippen molar-refractivity contribution in [1.29, 1.82) is 0 Å². The Labute approximate surface area is 114 Å². The molecule has 0 aliphatic carbocycles. The maximum absolute atomic E-state index is 11.1. The number of methoxy groups -OCH3 is 2. The maximum Gasteiger partial charge on any atom is 0.337 e. The number of nitrogens with one attached hydrogen (secondary N) is 1. The third-order valence-electron chi connectivity index (χ3n) is 2.42. The number of ether oxygens (including phenoxy) is 2. The number of carbonyl (C=O) groups is 1. The van der Waals surface area contributed by atoms with Crippen LogP contribution in [0.2, 0.25) is 0 Å². The van der Waals surface area contributed by atoms with E-state index >= 15 is 0 Å². The molecule has 6 heteroatoms. The van der Waals surface area contributed by atoms with Crippen LogP contribution in [-0.2, 0) is 9.47 Å². The molecule has 1 atom stereocenters. The number of hydrogen-bond donors (Lipinski definition) is 2. The monoisotopic (exact) mass is 317 g/mol. The van der Waals surface area contributed by atoms with Gasteiger partial charge in [0, 0.05) is 30.9 Å². The first-order valence-electron chi connectivity index (χ1n) is 5.37. The molecule has 0 spiro atoms. The molecule has 0 bridgehead atoms. The first-order valence-corrected chi connectivity index (χ1v) is 6.16. The zero-order valence-corrected chi connectivity index (χ0v) is 11.9. The van der Waals surface area contributed by atoms with E-state index in [2.05, 4.69) is 21.2 Å². The summed E-state index contributed by atoms with van der Waals surface area (Å²) in [6, 6.07) is 5.06. The standard InChI is InChI=1S/C12H16BrNO4/c1-17-7-9(18-2)6-14-11-4-3-8(13)5-10(11)12(15)16/h3-5,9,14H,6-7H2,1-2H3,(H,15,16). The van der Waals surface area contributed by atoms with Crippen LogP contribution in [0.4, 0.5) is 5.69 Å². The van der Waals surface area contributed by atoms with Crippen molar-refractivity contribution in [3.8, 4) is 0 Å². The molecule has 100 valence electrons. The third-order valence-corrected chi connectivity index (χ3v) is 2.91. The minimum absolute atomic E-state index is 0.125. The zero-order valence-electron chi connectivity index (χ0n) is 10.3. The third kappa shape index (κ3) is 4.29. The lowest BCUT2D eigenvalue weighted by Gasteiger charge is -2.17. The summed E-state index contributed by atoms with van der Waals surface area (Å²) in [4.78, 5) is 11.1. The molecule has 0 fully saturated rings. The van der Waals surface area contributed by atoms with Gasteiger partial charge in [0.15, 0.2) is 0 Å². The normalized spacial score (nSPS) is 12.2. The van der Waals surface area contributed by atoms with Gasteiger partial charge in [-0.1, -0.05) is 15.9 Å². The highest BCUT2D eigenvalue weighted by molar-refractivity contribution is 9.10. The van der Waals surface area contributed by atoms with E-state index in [9.17, 15) is 4.79 Å².